The van der Waals surface area contributed by atoms with Gasteiger partial charge < -0.3 is 9.47 Å². The zero-order valence-corrected chi connectivity index (χ0v) is 17.4. The van der Waals surface area contributed by atoms with E-state index in [-0.39, 0.29) is 5.91 Å². The van der Waals surface area contributed by atoms with Gasteiger partial charge in [0.1, 0.15) is 0 Å². The lowest BCUT2D eigenvalue weighted by Crippen LogP contribution is -2.41. The van der Waals surface area contributed by atoms with Crippen molar-refractivity contribution in [2.45, 2.75) is 33.6 Å². The van der Waals surface area contributed by atoms with E-state index in [1.165, 1.54) is 6.08 Å². The predicted molar refractivity (Wildman–Crippen MR) is 114 cm³/mol. The van der Waals surface area contributed by atoms with E-state index in [1.807, 2.05) is 38.1 Å². The molecule has 6 heteroatoms. The zero-order chi connectivity index (χ0) is 21.2. The van der Waals surface area contributed by atoms with Crippen LogP contribution in [0.1, 0.15) is 46.8 Å². The normalized spacial score (nSPS) is 10.6. The maximum Gasteiger partial charge on any atom is 0.269 e. The van der Waals surface area contributed by atoms with E-state index >= 15 is 0 Å². The van der Waals surface area contributed by atoms with E-state index in [1.54, 1.807) is 25.3 Å². The molecule has 0 aliphatic heterocycles. The maximum absolute atomic E-state index is 12.2. The lowest BCUT2D eigenvalue weighted by Gasteiger charge is -2.11. The largest absolute Gasteiger partial charge is 0.493 e. The van der Waals surface area contributed by atoms with Crippen molar-refractivity contribution in [3.63, 3.8) is 0 Å². The SMILES string of the molecule is CCCCOc1ccc(/C=C/C(=O)NNC(=O)c2ccc(C)cc2C)cc1OC. The molecule has 0 saturated heterocycles. The molecule has 0 saturated carbocycles. The van der Waals surface area contributed by atoms with Crippen LogP contribution in [0.2, 0.25) is 0 Å². The Balaban J connectivity index is 1.93. The standard InChI is InChI=1S/C23H28N2O4/c1-5-6-13-29-20-11-8-18(15-21(20)28-4)9-12-22(26)24-25-23(27)19-10-7-16(2)14-17(19)3/h7-12,14-15H,5-6,13H2,1-4H3,(H,24,26)(H,25,27)/b12-9+. The van der Waals surface area contributed by atoms with Gasteiger partial charge in [0.05, 0.1) is 13.7 Å². The van der Waals surface area contributed by atoms with Gasteiger partial charge in [-0.2, -0.15) is 0 Å². The monoisotopic (exact) mass is 396 g/mol. The van der Waals surface area contributed by atoms with Gasteiger partial charge in [0.2, 0.25) is 0 Å². The van der Waals surface area contributed by atoms with Crippen LogP contribution in [0.15, 0.2) is 42.5 Å². The van der Waals surface area contributed by atoms with Gasteiger partial charge in [0, 0.05) is 11.6 Å². The van der Waals surface area contributed by atoms with Crippen molar-refractivity contribution in [2.24, 2.45) is 0 Å². The summed E-state index contributed by atoms with van der Waals surface area (Å²) in [6, 6.07) is 10.9. The van der Waals surface area contributed by atoms with Crippen LogP contribution < -0.4 is 20.3 Å². The molecule has 29 heavy (non-hydrogen) atoms. The molecule has 0 fully saturated rings. The average Bonchev–Trinajstić information content (AvgIpc) is 2.71. The van der Waals surface area contributed by atoms with Crippen LogP contribution in [0.4, 0.5) is 0 Å². The van der Waals surface area contributed by atoms with Gasteiger partial charge in [0.15, 0.2) is 11.5 Å². The Morgan fingerprint density at radius 3 is 2.52 bits per heavy atom. The number of methoxy groups -OCH3 is 1. The van der Waals surface area contributed by atoms with Crippen molar-refractivity contribution in [1.29, 1.82) is 0 Å². The first-order valence-corrected chi connectivity index (χ1v) is 9.61. The van der Waals surface area contributed by atoms with E-state index in [0.29, 0.717) is 23.7 Å². The molecule has 154 valence electrons. The Bertz CT molecular complexity index is 890. The number of hydrogen-bond donors (Lipinski definition) is 2. The van der Waals surface area contributed by atoms with Crippen LogP contribution in [0.5, 0.6) is 11.5 Å². The third kappa shape index (κ3) is 6.68. The van der Waals surface area contributed by atoms with Crippen molar-refractivity contribution >= 4 is 17.9 Å². The molecule has 2 rings (SSSR count). The Kier molecular flexibility index (Phi) is 8.27. The quantitative estimate of drug-likeness (QED) is 0.402. The van der Waals surface area contributed by atoms with Gasteiger partial charge in [-0.15, -0.1) is 0 Å². The number of ether oxygens (including phenoxy) is 2. The van der Waals surface area contributed by atoms with E-state index in [9.17, 15) is 9.59 Å². The van der Waals surface area contributed by atoms with Crippen LogP contribution in [0.25, 0.3) is 6.08 Å². The molecular weight excluding hydrogens is 368 g/mol. The number of carbonyl (C=O) groups excluding carboxylic acids is 2. The molecule has 0 aliphatic rings. The highest BCUT2D eigenvalue weighted by molar-refractivity contribution is 5.98. The van der Waals surface area contributed by atoms with Gasteiger partial charge in [-0.05, 0) is 55.7 Å². The molecular formula is C23H28N2O4. The zero-order valence-electron chi connectivity index (χ0n) is 17.4. The molecule has 0 unspecified atom stereocenters. The second-order valence-corrected chi connectivity index (χ2v) is 6.71. The smallest absolute Gasteiger partial charge is 0.269 e. The molecule has 2 aromatic carbocycles. The first-order valence-electron chi connectivity index (χ1n) is 9.61. The fourth-order valence-electron chi connectivity index (χ4n) is 2.70. The highest BCUT2D eigenvalue weighted by Gasteiger charge is 2.09. The number of nitrogens with one attached hydrogen (secondary N) is 2. The molecule has 0 aliphatic carbocycles. The number of carbonyl (C=O) groups is 2. The van der Waals surface area contributed by atoms with Crippen LogP contribution in [0.3, 0.4) is 0 Å². The maximum atomic E-state index is 12.2. The summed E-state index contributed by atoms with van der Waals surface area (Å²) in [4.78, 5) is 24.2. The predicted octanol–water partition coefficient (Wildman–Crippen LogP) is 3.97. The molecule has 0 spiro atoms. The average molecular weight is 396 g/mol. The lowest BCUT2D eigenvalue weighted by atomic mass is 10.1. The summed E-state index contributed by atoms with van der Waals surface area (Å²) in [5.41, 5.74) is 8.02. The van der Waals surface area contributed by atoms with Crippen molar-refractivity contribution in [1.82, 2.24) is 10.9 Å². The van der Waals surface area contributed by atoms with E-state index in [2.05, 4.69) is 17.8 Å². The van der Waals surface area contributed by atoms with E-state index in [4.69, 9.17) is 9.47 Å². The number of benzene rings is 2. The summed E-state index contributed by atoms with van der Waals surface area (Å²) in [6.07, 6.45) is 5.00. The van der Waals surface area contributed by atoms with Crippen molar-refractivity contribution in [2.75, 3.05) is 13.7 Å². The number of amides is 2. The summed E-state index contributed by atoms with van der Waals surface area (Å²) in [6.45, 7) is 6.54. The van der Waals surface area contributed by atoms with Gasteiger partial charge >= 0.3 is 0 Å². The fourth-order valence-corrected chi connectivity index (χ4v) is 2.70. The van der Waals surface area contributed by atoms with Crippen LogP contribution >= 0.6 is 0 Å². The number of rotatable bonds is 8. The minimum absolute atomic E-state index is 0.362. The third-order valence-electron chi connectivity index (χ3n) is 4.30. The van der Waals surface area contributed by atoms with Crippen molar-refractivity contribution in [3.8, 4) is 11.5 Å². The molecule has 2 amide bonds. The minimum Gasteiger partial charge on any atom is -0.493 e. The second-order valence-electron chi connectivity index (χ2n) is 6.71. The van der Waals surface area contributed by atoms with E-state index in [0.717, 1.165) is 29.5 Å². The number of hydrogen-bond acceptors (Lipinski definition) is 4. The molecule has 0 bridgehead atoms. The van der Waals surface area contributed by atoms with Gasteiger partial charge in [-0.1, -0.05) is 37.1 Å². The fraction of sp³-hybridized carbons (Fsp3) is 0.304. The highest BCUT2D eigenvalue weighted by atomic mass is 16.5. The number of aryl methyl sites for hydroxylation is 2. The summed E-state index contributed by atoms with van der Waals surface area (Å²) in [7, 11) is 1.57. The minimum atomic E-state index is -0.439. The van der Waals surface area contributed by atoms with Crippen molar-refractivity contribution < 1.29 is 19.1 Å². The number of unbranched alkanes of at least 4 members (excludes halogenated alkanes) is 1. The molecule has 0 heterocycles. The van der Waals surface area contributed by atoms with Crippen LogP contribution in [0, 0.1) is 13.8 Å². The van der Waals surface area contributed by atoms with Crippen LogP contribution in [-0.4, -0.2) is 25.5 Å². The molecule has 2 aromatic rings. The first kappa shape index (κ1) is 22.0. The molecule has 6 nitrogen and oxygen atoms in total. The summed E-state index contributed by atoms with van der Waals surface area (Å²) >= 11 is 0. The lowest BCUT2D eigenvalue weighted by molar-refractivity contribution is -0.117. The van der Waals surface area contributed by atoms with Crippen LogP contribution in [-0.2, 0) is 4.79 Å². The third-order valence-corrected chi connectivity index (χ3v) is 4.30. The Morgan fingerprint density at radius 1 is 1.03 bits per heavy atom. The topological polar surface area (TPSA) is 76.7 Å². The summed E-state index contributed by atoms with van der Waals surface area (Å²) in [5, 5.41) is 0. The molecule has 0 aromatic heterocycles. The van der Waals surface area contributed by atoms with E-state index < -0.39 is 5.91 Å². The summed E-state index contributed by atoms with van der Waals surface area (Å²) in [5.74, 6) is 0.472. The molecule has 2 N–H and O–H groups in total. The highest BCUT2D eigenvalue weighted by Crippen LogP contribution is 2.28. The molecule has 0 radical (unpaired) electrons. The number of hydrazine groups is 1. The first-order chi connectivity index (χ1) is 13.9. The summed E-state index contributed by atoms with van der Waals surface area (Å²) < 4.78 is 11.1. The second kappa shape index (κ2) is 10.9. The Hall–Kier alpha value is -3.28. The van der Waals surface area contributed by atoms with Gasteiger partial charge in [0.25, 0.3) is 11.8 Å². The Morgan fingerprint density at radius 2 is 1.83 bits per heavy atom. The van der Waals surface area contributed by atoms with Gasteiger partial charge in [-0.25, -0.2) is 0 Å². The Labute approximate surface area is 171 Å². The van der Waals surface area contributed by atoms with Crippen molar-refractivity contribution in [3.05, 3.63) is 64.7 Å². The van der Waals surface area contributed by atoms with Gasteiger partial charge in [-0.3, -0.25) is 20.4 Å². The molecule has 0 atom stereocenters.